The number of nitrogens with one attached hydrogen (secondary N) is 2. The molecule has 1 saturated heterocycles. The van der Waals surface area contributed by atoms with Crippen molar-refractivity contribution in [2.24, 2.45) is 0 Å². The smallest absolute Gasteiger partial charge is 0.162 e. The van der Waals surface area contributed by atoms with E-state index >= 15 is 0 Å². The predicted molar refractivity (Wildman–Crippen MR) is 118 cm³/mol. The van der Waals surface area contributed by atoms with E-state index < -0.39 is 12.0 Å². The molecule has 7 nitrogen and oxygen atoms in total. The van der Waals surface area contributed by atoms with Gasteiger partial charge in [0.05, 0.1) is 30.9 Å². The average molecular weight is 465 g/mol. The molecule has 170 valence electrons. The summed E-state index contributed by atoms with van der Waals surface area (Å²) in [5.41, 5.74) is 1.23. The molecule has 0 aliphatic carbocycles. The first-order chi connectivity index (χ1) is 15.5. The van der Waals surface area contributed by atoms with Gasteiger partial charge in [-0.25, -0.2) is 18.7 Å². The highest BCUT2D eigenvalue weighted by Crippen LogP contribution is 2.35. The van der Waals surface area contributed by atoms with E-state index in [1.54, 1.807) is 25.3 Å². The Labute approximate surface area is 189 Å². The van der Waals surface area contributed by atoms with Gasteiger partial charge in [0.2, 0.25) is 0 Å². The Morgan fingerprint density at radius 2 is 2.06 bits per heavy atom. The minimum absolute atomic E-state index is 0.00823. The minimum atomic E-state index is -0.808. The fourth-order valence-electron chi connectivity index (χ4n) is 3.48. The maximum atomic E-state index is 13.5. The van der Waals surface area contributed by atoms with Crippen LogP contribution in [0.5, 0.6) is 11.5 Å². The second kappa shape index (κ2) is 10.2. The first-order valence-corrected chi connectivity index (χ1v) is 10.5. The fourth-order valence-corrected chi connectivity index (χ4v) is 3.66. The van der Waals surface area contributed by atoms with Gasteiger partial charge in [0.15, 0.2) is 11.5 Å². The maximum Gasteiger partial charge on any atom is 0.162 e. The topological polar surface area (TPSA) is 77.5 Å². The fraction of sp³-hybridized carbons (Fsp3) is 0.364. The Kier molecular flexibility index (Phi) is 7.19. The number of benzene rings is 2. The summed E-state index contributed by atoms with van der Waals surface area (Å²) >= 11 is 5.88. The summed E-state index contributed by atoms with van der Waals surface area (Å²) < 4.78 is 43.5. The van der Waals surface area contributed by atoms with Gasteiger partial charge in [-0.1, -0.05) is 11.6 Å². The summed E-state index contributed by atoms with van der Waals surface area (Å²) in [6.45, 7) is 1.45. The number of anilines is 2. The number of rotatable bonds is 9. The van der Waals surface area contributed by atoms with Crippen LogP contribution in [0.25, 0.3) is 10.9 Å². The normalized spacial score (nSPS) is 18.1. The van der Waals surface area contributed by atoms with Crippen molar-refractivity contribution in [2.75, 3.05) is 38.8 Å². The van der Waals surface area contributed by atoms with Gasteiger partial charge in [0, 0.05) is 29.7 Å². The molecule has 1 fully saturated rings. The highest BCUT2D eigenvalue weighted by molar-refractivity contribution is 6.31. The van der Waals surface area contributed by atoms with Crippen LogP contribution in [0.2, 0.25) is 5.02 Å². The third kappa shape index (κ3) is 5.35. The highest BCUT2D eigenvalue weighted by Gasteiger charge is 2.23. The van der Waals surface area contributed by atoms with E-state index in [2.05, 4.69) is 20.6 Å². The van der Waals surface area contributed by atoms with Crippen molar-refractivity contribution in [3.8, 4) is 11.5 Å². The Bertz CT molecular complexity index is 1090. The molecule has 2 aromatic carbocycles. The molecule has 4 rings (SSSR count). The van der Waals surface area contributed by atoms with Crippen molar-refractivity contribution in [1.82, 2.24) is 15.3 Å². The molecule has 2 heterocycles. The third-order valence-electron chi connectivity index (χ3n) is 5.08. The predicted octanol–water partition coefficient (Wildman–Crippen LogP) is 4.27. The van der Waals surface area contributed by atoms with Crippen molar-refractivity contribution in [1.29, 1.82) is 0 Å². The summed E-state index contributed by atoms with van der Waals surface area (Å²) in [6, 6.07) is 7.88. The Morgan fingerprint density at radius 3 is 2.81 bits per heavy atom. The molecule has 1 aliphatic heterocycles. The van der Waals surface area contributed by atoms with E-state index in [0.717, 1.165) is 0 Å². The molecule has 2 N–H and O–H groups in total. The van der Waals surface area contributed by atoms with Crippen LogP contribution >= 0.6 is 11.6 Å². The van der Waals surface area contributed by atoms with Crippen LogP contribution in [0, 0.1) is 5.82 Å². The zero-order valence-corrected chi connectivity index (χ0v) is 18.2. The number of hydrogen-bond acceptors (Lipinski definition) is 7. The van der Waals surface area contributed by atoms with Gasteiger partial charge >= 0.3 is 0 Å². The Balaban J connectivity index is 1.45. The number of methoxy groups -OCH3 is 1. The van der Waals surface area contributed by atoms with Gasteiger partial charge in [-0.2, -0.15) is 0 Å². The van der Waals surface area contributed by atoms with E-state index in [1.165, 1.54) is 18.5 Å². The number of aromatic nitrogens is 2. The van der Waals surface area contributed by atoms with Crippen LogP contribution in [0.3, 0.4) is 0 Å². The quantitative estimate of drug-likeness (QED) is 0.458. The molecule has 1 aliphatic rings. The lowest BCUT2D eigenvalue weighted by atomic mass is 10.2. The number of ether oxygens (including phenoxy) is 3. The van der Waals surface area contributed by atoms with Crippen molar-refractivity contribution in [2.45, 2.75) is 18.6 Å². The second-order valence-corrected chi connectivity index (χ2v) is 7.77. The maximum absolute atomic E-state index is 13.5. The standard InChI is InChI=1S/C22H23ClF2N4O3/c1-30-20-9-19-16(8-21(20)32-5-4-31-11-15-6-13(24)10-26-15)22(28-12-27-19)29-14-2-3-18(25)17(23)7-14/h2-3,7-9,12-13,15,26H,4-6,10-11H2,1H3,(H,27,28,29)/t13-,15+/m1/s1. The molecule has 0 radical (unpaired) electrons. The van der Waals surface area contributed by atoms with E-state index in [-0.39, 0.29) is 17.7 Å². The summed E-state index contributed by atoms with van der Waals surface area (Å²) in [6.07, 6.45) is 1.08. The first-order valence-electron chi connectivity index (χ1n) is 10.2. The summed E-state index contributed by atoms with van der Waals surface area (Å²) in [4.78, 5) is 8.58. The van der Waals surface area contributed by atoms with Crippen molar-refractivity contribution in [3.63, 3.8) is 0 Å². The zero-order chi connectivity index (χ0) is 22.5. The summed E-state index contributed by atoms with van der Waals surface area (Å²) in [5.74, 6) is 1.03. The molecule has 0 unspecified atom stereocenters. The Hall–Kier alpha value is -2.75. The molecule has 0 spiro atoms. The zero-order valence-electron chi connectivity index (χ0n) is 17.4. The monoisotopic (exact) mass is 464 g/mol. The summed E-state index contributed by atoms with van der Waals surface area (Å²) in [7, 11) is 1.55. The lowest BCUT2D eigenvalue weighted by Gasteiger charge is -2.15. The molecule has 10 heteroatoms. The molecule has 0 saturated carbocycles. The van der Waals surface area contributed by atoms with E-state index in [1.807, 2.05) is 0 Å². The van der Waals surface area contributed by atoms with Gasteiger partial charge in [-0.3, -0.25) is 0 Å². The molecule has 2 atom stereocenters. The first kappa shape index (κ1) is 22.4. The van der Waals surface area contributed by atoms with Crippen LogP contribution < -0.4 is 20.1 Å². The summed E-state index contributed by atoms with van der Waals surface area (Å²) in [5, 5.41) is 6.90. The van der Waals surface area contributed by atoms with Gasteiger partial charge in [-0.15, -0.1) is 0 Å². The highest BCUT2D eigenvalue weighted by atomic mass is 35.5. The third-order valence-corrected chi connectivity index (χ3v) is 5.37. The van der Waals surface area contributed by atoms with Crippen LogP contribution in [0.15, 0.2) is 36.7 Å². The van der Waals surface area contributed by atoms with Crippen molar-refractivity contribution in [3.05, 3.63) is 47.5 Å². The van der Waals surface area contributed by atoms with Crippen LogP contribution in [0.1, 0.15) is 6.42 Å². The average Bonchev–Trinajstić information content (AvgIpc) is 3.21. The molecular formula is C22H23ClF2N4O3. The number of halogens is 3. The van der Waals surface area contributed by atoms with E-state index in [4.69, 9.17) is 25.8 Å². The Morgan fingerprint density at radius 1 is 1.19 bits per heavy atom. The number of alkyl halides is 1. The molecular weight excluding hydrogens is 442 g/mol. The number of fused-ring (bicyclic) bond motifs is 1. The molecule has 0 amide bonds. The molecule has 32 heavy (non-hydrogen) atoms. The van der Waals surface area contributed by atoms with Gasteiger partial charge in [0.25, 0.3) is 0 Å². The number of nitrogens with zero attached hydrogens (tertiary/aromatic N) is 2. The van der Waals surface area contributed by atoms with Gasteiger partial charge in [0.1, 0.15) is 30.7 Å². The van der Waals surface area contributed by atoms with Crippen LogP contribution in [0.4, 0.5) is 20.3 Å². The van der Waals surface area contributed by atoms with Gasteiger partial charge < -0.3 is 24.8 Å². The van der Waals surface area contributed by atoms with E-state index in [0.29, 0.717) is 60.1 Å². The lowest BCUT2D eigenvalue weighted by molar-refractivity contribution is 0.0851. The van der Waals surface area contributed by atoms with Crippen LogP contribution in [-0.2, 0) is 4.74 Å². The molecule has 0 bridgehead atoms. The second-order valence-electron chi connectivity index (χ2n) is 7.36. The minimum Gasteiger partial charge on any atom is -0.493 e. The van der Waals surface area contributed by atoms with Gasteiger partial charge in [-0.05, 0) is 30.7 Å². The number of hydrogen-bond donors (Lipinski definition) is 2. The lowest BCUT2D eigenvalue weighted by Crippen LogP contribution is -2.27. The van der Waals surface area contributed by atoms with Crippen LogP contribution in [-0.4, -0.2) is 55.7 Å². The SMILES string of the molecule is COc1cc2ncnc(Nc3ccc(F)c(Cl)c3)c2cc1OCCOC[C@@H]1C[C@@H](F)CN1. The van der Waals surface area contributed by atoms with E-state index in [9.17, 15) is 8.78 Å². The molecule has 1 aromatic heterocycles. The molecule has 3 aromatic rings. The van der Waals surface area contributed by atoms with Crippen molar-refractivity contribution >= 4 is 34.0 Å². The largest absolute Gasteiger partial charge is 0.493 e. The van der Waals surface area contributed by atoms with Crippen molar-refractivity contribution < 1.29 is 23.0 Å².